The van der Waals surface area contributed by atoms with Crippen molar-refractivity contribution in [3.8, 4) is 11.5 Å². The van der Waals surface area contributed by atoms with Crippen molar-refractivity contribution in [1.29, 1.82) is 0 Å². The van der Waals surface area contributed by atoms with Crippen molar-refractivity contribution >= 4 is 29.9 Å². The fraction of sp³-hybridized carbons (Fsp3) is 0.278. The van der Waals surface area contributed by atoms with Crippen molar-refractivity contribution in [2.75, 3.05) is 20.2 Å². The molecule has 0 radical (unpaired) electrons. The van der Waals surface area contributed by atoms with E-state index >= 15 is 0 Å². The Hall–Kier alpha value is -2.03. The molecule has 1 atom stereocenters. The molecule has 1 aliphatic heterocycles. The molecule has 25 heavy (non-hydrogen) atoms. The number of nitrogens with zero attached hydrogens (tertiary/aromatic N) is 1. The number of benzene rings is 2. The van der Waals surface area contributed by atoms with Crippen LogP contribution in [0.3, 0.4) is 0 Å². The van der Waals surface area contributed by atoms with Gasteiger partial charge in [0.15, 0.2) is 17.5 Å². The molecular formula is C18H21FIN3O2. The molecule has 2 aromatic rings. The maximum atomic E-state index is 12.9. The third-order valence-corrected chi connectivity index (χ3v) is 3.66. The molecule has 0 spiro atoms. The summed E-state index contributed by atoms with van der Waals surface area (Å²) in [4.78, 5) is 4.17. The number of fused-ring (bicyclic) bond motifs is 1. The molecule has 7 heteroatoms. The van der Waals surface area contributed by atoms with Gasteiger partial charge >= 0.3 is 0 Å². The Balaban J connectivity index is 0.00000225. The quantitative estimate of drug-likeness (QED) is 0.421. The zero-order valence-electron chi connectivity index (χ0n) is 13.9. The normalized spacial score (nSPS) is 15.9. The highest BCUT2D eigenvalue weighted by Crippen LogP contribution is 2.30. The lowest BCUT2D eigenvalue weighted by atomic mass is 10.2. The third kappa shape index (κ3) is 5.48. The van der Waals surface area contributed by atoms with E-state index in [9.17, 15) is 4.39 Å². The molecule has 2 aromatic carbocycles. The van der Waals surface area contributed by atoms with Crippen LogP contribution in [0.4, 0.5) is 4.39 Å². The van der Waals surface area contributed by atoms with E-state index in [1.165, 1.54) is 12.1 Å². The molecule has 1 unspecified atom stereocenters. The van der Waals surface area contributed by atoms with E-state index < -0.39 is 0 Å². The second-order valence-electron chi connectivity index (χ2n) is 5.43. The number of rotatable bonds is 4. The Kier molecular flexibility index (Phi) is 7.30. The number of ether oxygens (including phenoxy) is 2. The van der Waals surface area contributed by atoms with Gasteiger partial charge in [0.05, 0.1) is 6.54 Å². The van der Waals surface area contributed by atoms with Crippen LogP contribution in [0, 0.1) is 5.82 Å². The SMILES string of the molecule is CN=C(NCc1ccc(F)cc1)NCC1COc2ccccc2O1.I. The van der Waals surface area contributed by atoms with Crippen LogP contribution in [-0.2, 0) is 6.54 Å². The summed E-state index contributed by atoms with van der Waals surface area (Å²) in [6, 6.07) is 14.0. The Labute approximate surface area is 163 Å². The number of halogens is 2. The minimum atomic E-state index is -0.240. The van der Waals surface area contributed by atoms with Gasteiger partial charge < -0.3 is 20.1 Å². The van der Waals surface area contributed by atoms with Crippen molar-refractivity contribution in [3.05, 3.63) is 59.9 Å². The van der Waals surface area contributed by atoms with E-state index in [1.807, 2.05) is 24.3 Å². The molecule has 134 valence electrons. The van der Waals surface area contributed by atoms with Crippen LogP contribution in [0.25, 0.3) is 0 Å². The summed E-state index contributed by atoms with van der Waals surface area (Å²) in [5.41, 5.74) is 0.977. The molecule has 3 rings (SSSR count). The van der Waals surface area contributed by atoms with E-state index in [0.29, 0.717) is 25.7 Å². The summed E-state index contributed by atoms with van der Waals surface area (Å²) in [5.74, 6) is 1.94. The van der Waals surface area contributed by atoms with Crippen molar-refractivity contribution in [3.63, 3.8) is 0 Å². The molecule has 0 saturated heterocycles. The minimum absolute atomic E-state index is 0. The summed E-state index contributed by atoms with van der Waals surface area (Å²) >= 11 is 0. The lowest BCUT2D eigenvalue weighted by Gasteiger charge is -2.27. The van der Waals surface area contributed by atoms with Crippen LogP contribution in [0.5, 0.6) is 11.5 Å². The van der Waals surface area contributed by atoms with Crippen LogP contribution in [0.1, 0.15) is 5.56 Å². The van der Waals surface area contributed by atoms with Gasteiger partial charge in [-0.15, -0.1) is 24.0 Å². The van der Waals surface area contributed by atoms with Crippen molar-refractivity contribution in [1.82, 2.24) is 10.6 Å². The number of hydrogen-bond donors (Lipinski definition) is 2. The summed E-state index contributed by atoms with van der Waals surface area (Å²) in [6.07, 6.45) is -0.0933. The van der Waals surface area contributed by atoms with Crippen LogP contribution in [0.15, 0.2) is 53.5 Å². The van der Waals surface area contributed by atoms with Crippen LogP contribution in [0.2, 0.25) is 0 Å². The Morgan fingerprint density at radius 3 is 2.56 bits per heavy atom. The minimum Gasteiger partial charge on any atom is -0.486 e. The second-order valence-corrected chi connectivity index (χ2v) is 5.43. The second kappa shape index (κ2) is 9.45. The molecule has 0 bridgehead atoms. The first-order chi connectivity index (χ1) is 11.7. The van der Waals surface area contributed by atoms with Crippen LogP contribution in [-0.4, -0.2) is 32.3 Å². The van der Waals surface area contributed by atoms with E-state index in [2.05, 4.69) is 15.6 Å². The van der Waals surface area contributed by atoms with Crippen molar-refractivity contribution < 1.29 is 13.9 Å². The van der Waals surface area contributed by atoms with Crippen molar-refractivity contribution in [2.24, 2.45) is 4.99 Å². The van der Waals surface area contributed by atoms with Crippen LogP contribution < -0.4 is 20.1 Å². The van der Waals surface area contributed by atoms with Gasteiger partial charge in [0, 0.05) is 13.6 Å². The highest BCUT2D eigenvalue weighted by atomic mass is 127. The van der Waals surface area contributed by atoms with Gasteiger partial charge in [0.25, 0.3) is 0 Å². The van der Waals surface area contributed by atoms with E-state index in [1.54, 1.807) is 19.2 Å². The molecular weight excluding hydrogens is 436 g/mol. The lowest BCUT2D eigenvalue weighted by molar-refractivity contribution is 0.0936. The molecule has 2 N–H and O–H groups in total. The Morgan fingerprint density at radius 2 is 1.84 bits per heavy atom. The van der Waals surface area contributed by atoms with Crippen molar-refractivity contribution in [2.45, 2.75) is 12.6 Å². The van der Waals surface area contributed by atoms with Gasteiger partial charge in [-0.05, 0) is 29.8 Å². The average Bonchev–Trinajstić information content (AvgIpc) is 2.63. The van der Waals surface area contributed by atoms with Gasteiger partial charge in [0.2, 0.25) is 0 Å². The maximum absolute atomic E-state index is 12.9. The molecule has 0 aliphatic carbocycles. The number of hydrogen-bond acceptors (Lipinski definition) is 3. The zero-order valence-corrected chi connectivity index (χ0v) is 16.2. The molecule has 5 nitrogen and oxygen atoms in total. The summed E-state index contributed by atoms with van der Waals surface area (Å²) in [7, 11) is 1.70. The lowest BCUT2D eigenvalue weighted by Crippen LogP contribution is -2.45. The summed E-state index contributed by atoms with van der Waals surface area (Å²) < 4.78 is 24.5. The highest BCUT2D eigenvalue weighted by molar-refractivity contribution is 14.0. The number of para-hydroxylation sites is 2. The van der Waals surface area contributed by atoms with Crippen LogP contribution >= 0.6 is 24.0 Å². The molecule has 1 aliphatic rings. The summed E-state index contributed by atoms with van der Waals surface area (Å²) in [5, 5.41) is 6.40. The topological polar surface area (TPSA) is 54.9 Å². The highest BCUT2D eigenvalue weighted by Gasteiger charge is 2.20. The Bertz CT molecular complexity index is 710. The molecule has 0 saturated carbocycles. The zero-order chi connectivity index (χ0) is 16.8. The fourth-order valence-electron chi connectivity index (χ4n) is 2.38. The van der Waals surface area contributed by atoms with Gasteiger partial charge in [-0.1, -0.05) is 24.3 Å². The van der Waals surface area contributed by atoms with Gasteiger partial charge in [0.1, 0.15) is 18.5 Å². The Morgan fingerprint density at radius 1 is 1.12 bits per heavy atom. The van der Waals surface area contributed by atoms with E-state index in [-0.39, 0.29) is 35.9 Å². The van der Waals surface area contributed by atoms with E-state index in [0.717, 1.165) is 17.1 Å². The summed E-state index contributed by atoms with van der Waals surface area (Å²) in [6.45, 7) is 1.61. The van der Waals surface area contributed by atoms with Gasteiger partial charge in [-0.3, -0.25) is 4.99 Å². The first-order valence-corrected chi connectivity index (χ1v) is 7.82. The average molecular weight is 457 g/mol. The monoisotopic (exact) mass is 457 g/mol. The smallest absolute Gasteiger partial charge is 0.191 e. The van der Waals surface area contributed by atoms with Gasteiger partial charge in [-0.25, -0.2) is 4.39 Å². The molecule has 1 heterocycles. The standard InChI is InChI=1S/C18H20FN3O2.HI/c1-20-18(21-10-13-6-8-14(19)9-7-13)22-11-15-12-23-16-4-2-3-5-17(16)24-15;/h2-9,15H,10-12H2,1H3,(H2,20,21,22);1H. The number of aliphatic imine (C=N–C) groups is 1. The third-order valence-electron chi connectivity index (χ3n) is 3.66. The predicted octanol–water partition coefficient (Wildman–Crippen LogP) is 2.95. The predicted molar refractivity (Wildman–Crippen MR) is 106 cm³/mol. The first kappa shape index (κ1) is 19.3. The molecule has 0 aromatic heterocycles. The largest absolute Gasteiger partial charge is 0.486 e. The van der Waals surface area contributed by atoms with Gasteiger partial charge in [-0.2, -0.15) is 0 Å². The maximum Gasteiger partial charge on any atom is 0.191 e. The number of nitrogens with one attached hydrogen (secondary N) is 2. The number of guanidine groups is 1. The fourth-order valence-corrected chi connectivity index (χ4v) is 2.38. The molecule has 0 amide bonds. The molecule has 0 fully saturated rings. The first-order valence-electron chi connectivity index (χ1n) is 7.82. The van der Waals surface area contributed by atoms with E-state index in [4.69, 9.17) is 9.47 Å².